The topological polar surface area (TPSA) is 69.9 Å². The third-order valence-corrected chi connectivity index (χ3v) is 6.89. The van der Waals surface area contributed by atoms with Crippen LogP contribution in [-0.4, -0.2) is 70.9 Å². The smallest absolute Gasteiger partial charge is 0.254 e. The molecule has 5 rings (SSSR count). The first kappa shape index (κ1) is 21.6. The van der Waals surface area contributed by atoms with Crippen LogP contribution in [0.1, 0.15) is 34.7 Å². The molecular formula is C26H30N4O3. The molecule has 7 heteroatoms. The van der Waals surface area contributed by atoms with E-state index < -0.39 is 0 Å². The molecule has 0 spiro atoms. The molecule has 2 aromatic carbocycles. The highest BCUT2D eigenvalue weighted by molar-refractivity contribution is 6.07. The third-order valence-electron chi connectivity index (χ3n) is 6.89. The summed E-state index contributed by atoms with van der Waals surface area (Å²) in [4.78, 5) is 32.5. The standard InChI is InChI=1S/C26H30N4O3/c1-19-17-22(33-27-19)18-28-13-15-30(16-14-28)25(31)21-9-11-29(12-10-21)26(32)24-8-4-6-20-5-2-3-7-23(20)24/h2-8,17,21H,9-16,18H2,1H3. The van der Waals surface area contributed by atoms with E-state index in [1.165, 1.54) is 0 Å². The van der Waals surface area contributed by atoms with E-state index in [4.69, 9.17) is 4.52 Å². The molecule has 3 aromatic rings. The molecule has 7 nitrogen and oxygen atoms in total. The van der Waals surface area contributed by atoms with E-state index in [-0.39, 0.29) is 17.7 Å². The normalized spacial score (nSPS) is 18.1. The van der Waals surface area contributed by atoms with Crippen LogP contribution >= 0.6 is 0 Å². The SMILES string of the molecule is Cc1cc(CN2CCN(C(=O)C3CCN(C(=O)c4cccc5ccccc45)CC3)CC2)on1. The molecule has 0 unspecified atom stereocenters. The second-order valence-corrected chi connectivity index (χ2v) is 9.13. The van der Waals surface area contributed by atoms with Gasteiger partial charge in [-0.05, 0) is 36.6 Å². The molecule has 2 saturated heterocycles. The van der Waals surface area contributed by atoms with E-state index in [9.17, 15) is 9.59 Å². The quantitative estimate of drug-likeness (QED) is 0.615. The number of rotatable bonds is 4. The van der Waals surface area contributed by atoms with Crippen LogP contribution in [0.2, 0.25) is 0 Å². The summed E-state index contributed by atoms with van der Waals surface area (Å²) in [7, 11) is 0. The van der Waals surface area contributed by atoms with Crippen molar-refractivity contribution in [2.24, 2.45) is 5.92 Å². The molecule has 3 heterocycles. The van der Waals surface area contributed by atoms with Gasteiger partial charge in [0.1, 0.15) is 0 Å². The van der Waals surface area contributed by atoms with E-state index >= 15 is 0 Å². The number of aryl methyl sites for hydroxylation is 1. The molecule has 33 heavy (non-hydrogen) atoms. The van der Waals surface area contributed by atoms with Gasteiger partial charge in [0.15, 0.2) is 5.76 Å². The average Bonchev–Trinajstić information content (AvgIpc) is 3.27. The highest BCUT2D eigenvalue weighted by Gasteiger charge is 2.32. The maximum Gasteiger partial charge on any atom is 0.254 e. The molecule has 2 fully saturated rings. The lowest BCUT2D eigenvalue weighted by Gasteiger charge is -2.38. The van der Waals surface area contributed by atoms with Crippen molar-refractivity contribution in [2.45, 2.75) is 26.3 Å². The molecule has 0 radical (unpaired) electrons. The maximum absolute atomic E-state index is 13.2. The van der Waals surface area contributed by atoms with E-state index in [2.05, 4.69) is 10.1 Å². The van der Waals surface area contributed by atoms with Gasteiger partial charge in [-0.1, -0.05) is 41.6 Å². The zero-order valence-corrected chi connectivity index (χ0v) is 19.1. The molecule has 0 bridgehead atoms. The van der Waals surface area contributed by atoms with Crippen LogP contribution in [-0.2, 0) is 11.3 Å². The summed E-state index contributed by atoms with van der Waals surface area (Å²) in [5, 5.41) is 6.01. The number of hydrogen-bond donors (Lipinski definition) is 0. The van der Waals surface area contributed by atoms with Gasteiger partial charge >= 0.3 is 0 Å². The van der Waals surface area contributed by atoms with Gasteiger partial charge in [0.2, 0.25) is 5.91 Å². The lowest BCUT2D eigenvalue weighted by atomic mass is 9.94. The van der Waals surface area contributed by atoms with Crippen LogP contribution < -0.4 is 0 Å². The van der Waals surface area contributed by atoms with Crippen molar-refractivity contribution in [3.05, 3.63) is 65.5 Å². The molecular weight excluding hydrogens is 416 g/mol. The Morgan fingerprint density at radius 2 is 1.67 bits per heavy atom. The van der Waals surface area contributed by atoms with Gasteiger partial charge in [-0.25, -0.2) is 0 Å². The fourth-order valence-corrected chi connectivity index (χ4v) is 5.01. The lowest BCUT2D eigenvalue weighted by Crippen LogP contribution is -2.51. The van der Waals surface area contributed by atoms with Crippen molar-refractivity contribution in [1.29, 1.82) is 0 Å². The van der Waals surface area contributed by atoms with Crippen LogP contribution in [0.15, 0.2) is 53.1 Å². The lowest BCUT2D eigenvalue weighted by molar-refractivity contribution is -0.138. The number of carbonyl (C=O) groups excluding carboxylic acids is 2. The molecule has 172 valence electrons. The van der Waals surface area contributed by atoms with Gasteiger partial charge in [-0.15, -0.1) is 0 Å². The number of piperidine rings is 1. The Labute approximate surface area is 193 Å². The van der Waals surface area contributed by atoms with E-state index in [1.54, 1.807) is 0 Å². The largest absolute Gasteiger partial charge is 0.360 e. The molecule has 0 saturated carbocycles. The van der Waals surface area contributed by atoms with E-state index in [0.29, 0.717) is 13.1 Å². The number of likely N-dealkylation sites (tertiary alicyclic amines) is 1. The number of hydrogen-bond acceptors (Lipinski definition) is 5. The van der Waals surface area contributed by atoms with Crippen molar-refractivity contribution in [3.63, 3.8) is 0 Å². The molecule has 2 aliphatic heterocycles. The molecule has 2 amide bonds. The minimum atomic E-state index is 0.00467. The van der Waals surface area contributed by atoms with Crippen molar-refractivity contribution in [2.75, 3.05) is 39.3 Å². The van der Waals surface area contributed by atoms with E-state index in [1.807, 2.05) is 65.3 Å². The molecule has 0 N–H and O–H groups in total. The van der Waals surface area contributed by atoms with Crippen LogP contribution in [0.4, 0.5) is 0 Å². The Bertz CT molecular complexity index is 1140. The fraction of sp³-hybridized carbons (Fsp3) is 0.423. The number of fused-ring (bicyclic) bond motifs is 1. The summed E-state index contributed by atoms with van der Waals surface area (Å²) in [6.07, 6.45) is 1.46. The average molecular weight is 447 g/mol. The van der Waals surface area contributed by atoms with Gasteiger partial charge in [0.25, 0.3) is 5.91 Å². The minimum absolute atomic E-state index is 0.00467. The van der Waals surface area contributed by atoms with Gasteiger partial charge in [-0.2, -0.15) is 0 Å². The summed E-state index contributed by atoms with van der Waals surface area (Å²) in [6, 6.07) is 15.8. The van der Waals surface area contributed by atoms with Gasteiger partial charge in [0.05, 0.1) is 12.2 Å². The maximum atomic E-state index is 13.2. The van der Waals surface area contributed by atoms with Gasteiger partial charge < -0.3 is 14.3 Å². The van der Waals surface area contributed by atoms with Crippen LogP contribution in [0.5, 0.6) is 0 Å². The van der Waals surface area contributed by atoms with Crippen LogP contribution in [0.25, 0.3) is 10.8 Å². The number of carbonyl (C=O) groups is 2. The monoisotopic (exact) mass is 446 g/mol. The Kier molecular flexibility index (Phi) is 6.13. The molecule has 0 atom stereocenters. The predicted octanol–water partition coefficient (Wildman–Crippen LogP) is 3.33. The summed E-state index contributed by atoms with van der Waals surface area (Å²) in [5.74, 6) is 1.18. The van der Waals surface area contributed by atoms with Crippen molar-refractivity contribution < 1.29 is 14.1 Å². The molecule has 2 aliphatic rings. The Morgan fingerprint density at radius 1 is 0.939 bits per heavy atom. The van der Waals surface area contributed by atoms with Gasteiger partial charge in [0, 0.05) is 56.8 Å². The summed E-state index contributed by atoms with van der Waals surface area (Å²) >= 11 is 0. The second-order valence-electron chi connectivity index (χ2n) is 9.13. The second kappa shape index (κ2) is 9.35. The Balaban J connectivity index is 1.13. The number of aromatic nitrogens is 1. The zero-order valence-electron chi connectivity index (χ0n) is 19.1. The number of piperazine rings is 1. The summed E-state index contributed by atoms with van der Waals surface area (Å²) < 4.78 is 5.32. The van der Waals surface area contributed by atoms with E-state index in [0.717, 1.165) is 73.4 Å². The Morgan fingerprint density at radius 3 is 2.39 bits per heavy atom. The highest BCUT2D eigenvalue weighted by Crippen LogP contribution is 2.25. The number of nitrogens with zero attached hydrogens (tertiary/aromatic N) is 4. The van der Waals surface area contributed by atoms with Gasteiger partial charge in [-0.3, -0.25) is 14.5 Å². The molecule has 1 aromatic heterocycles. The number of amides is 2. The summed E-state index contributed by atoms with van der Waals surface area (Å²) in [5.41, 5.74) is 1.64. The predicted molar refractivity (Wildman–Crippen MR) is 126 cm³/mol. The fourth-order valence-electron chi connectivity index (χ4n) is 5.01. The van der Waals surface area contributed by atoms with Crippen molar-refractivity contribution >= 4 is 22.6 Å². The first-order valence-corrected chi connectivity index (χ1v) is 11.8. The van der Waals surface area contributed by atoms with Crippen molar-refractivity contribution in [1.82, 2.24) is 19.9 Å². The van der Waals surface area contributed by atoms with Crippen LogP contribution in [0, 0.1) is 12.8 Å². The third kappa shape index (κ3) is 4.64. The first-order valence-electron chi connectivity index (χ1n) is 11.8. The summed E-state index contributed by atoms with van der Waals surface area (Å²) in [6.45, 7) is 7.06. The minimum Gasteiger partial charge on any atom is -0.360 e. The zero-order chi connectivity index (χ0) is 22.8. The Hall–Kier alpha value is -3.19. The molecule has 0 aliphatic carbocycles. The van der Waals surface area contributed by atoms with Crippen LogP contribution in [0.3, 0.4) is 0 Å². The first-order chi connectivity index (χ1) is 16.1. The number of benzene rings is 2. The highest BCUT2D eigenvalue weighted by atomic mass is 16.5. The van der Waals surface area contributed by atoms with Crippen molar-refractivity contribution in [3.8, 4) is 0 Å².